The lowest BCUT2D eigenvalue weighted by Crippen LogP contribution is -2.00. The van der Waals surface area contributed by atoms with Crippen molar-refractivity contribution >= 4 is 37.3 Å². The SMILES string of the molecule is Cc1ccc(CNc2ssc(=O)c2Cl)cc1C. The Bertz CT molecular complexity index is 588. The molecular formula is C12H12ClNOS2. The smallest absolute Gasteiger partial charge is 0.263 e. The van der Waals surface area contributed by atoms with Crippen molar-refractivity contribution in [2.45, 2.75) is 20.4 Å². The first kappa shape index (κ1) is 12.6. The Morgan fingerprint density at radius 1 is 1.24 bits per heavy atom. The van der Waals surface area contributed by atoms with Crippen LogP contribution in [-0.2, 0) is 6.54 Å². The van der Waals surface area contributed by atoms with E-state index in [4.69, 9.17) is 11.6 Å². The standard InChI is InChI=1S/C12H12ClNOS2/c1-7-3-4-9(5-8(7)2)6-14-11-10(13)12(15)17-16-11/h3-5,14H,6H2,1-2H3. The molecule has 0 radical (unpaired) electrons. The maximum absolute atomic E-state index is 11.2. The van der Waals surface area contributed by atoms with E-state index in [0.717, 1.165) is 15.3 Å². The number of nitrogens with one attached hydrogen (secondary N) is 1. The Morgan fingerprint density at radius 2 is 2.00 bits per heavy atom. The maximum Gasteiger partial charge on any atom is 0.263 e. The lowest BCUT2D eigenvalue weighted by atomic mass is 10.1. The number of benzene rings is 1. The van der Waals surface area contributed by atoms with Crippen LogP contribution in [-0.4, -0.2) is 0 Å². The third-order valence-electron chi connectivity index (χ3n) is 2.60. The molecule has 0 aliphatic heterocycles. The molecule has 5 heteroatoms. The second-order valence-electron chi connectivity index (χ2n) is 3.87. The third-order valence-corrected chi connectivity index (χ3v) is 5.35. The van der Waals surface area contributed by atoms with Gasteiger partial charge in [-0.3, -0.25) is 4.79 Å². The van der Waals surface area contributed by atoms with Gasteiger partial charge in [0.15, 0.2) is 0 Å². The molecule has 1 aromatic carbocycles. The minimum absolute atomic E-state index is 0.0701. The Kier molecular flexibility index (Phi) is 3.86. The Hall–Kier alpha value is -0.840. The van der Waals surface area contributed by atoms with E-state index in [9.17, 15) is 4.79 Å². The van der Waals surface area contributed by atoms with Crippen LogP contribution >= 0.6 is 32.3 Å². The molecule has 0 atom stereocenters. The van der Waals surface area contributed by atoms with Crippen LogP contribution in [0.4, 0.5) is 5.00 Å². The second-order valence-corrected chi connectivity index (χ2v) is 6.36. The number of anilines is 1. The lowest BCUT2D eigenvalue weighted by Gasteiger charge is -2.06. The molecule has 2 aromatic rings. The molecule has 2 nitrogen and oxygen atoms in total. The van der Waals surface area contributed by atoms with E-state index in [0.29, 0.717) is 11.6 Å². The minimum atomic E-state index is -0.0701. The van der Waals surface area contributed by atoms with Crippen molar-refractivity contribution in [1.29, 1.82) is 0 Å². The van der Waals surface area contributed by atoms with Gasteiger partial charge in [-0.15, -0.1) is 0 Å². The van der Waals surface area contributed by atoms with E-state index in [2.05, 4.69) is 37.4 Å². The van der Waals surface area contributed by atoms with Gasteiger partial charge in [0, 0.05) is 6.54 Å². The van der Waals surface area contributed by atoms with Crippen molar-refractivity contribution in [2.24, 2.45) is 0 Å². The van der Waals surface area contributed by atoms with Gasteiger partial charge in [0.25, 0.3) is 4.74 Å². The van der Waals surface area contributed by atoms with Crippen LogP contribution in [0.25, 0.3) is 0 Å². The molecule has 0 aliphatic carbocycles. The van der Waals surface area contributed by atoms with Gasteiger partial charge in [0.2, 0.25) is 0 Å². The van der Waals surface area contributed by atoms with Crippen molar-refractivity contribution in [3.8, 4) is 0 Å². The van der Waals surface area contributed by atoms with Crippen LogP contribution in [0.5, 0.6) is 0 Å². The summed E-state index contributed by atoms with van der Waals surface area (Å²) in [7, 11) is 2.55. The largest absolute Gasteiger partial charge is 0.371 e. The van der Waals surface area contributed by atoms with Crippen LogP contribution in [0.2, 0.25) is 5.02 Å². The summed E-state index contributed by atoms with van der Waals surface area (Å²) >= 11 is 5.88. The van der Waals surface area contributed by atoms with Gasteiger partial charge in [-0.05, 0) is 40.9 Å². The quantitative estimate of drug-likeness (QED) is 0.862. The van der Waals surface area contributed by atoms with Crippen molar-refractivity contribution < 1.29 is 0 Å². The zero-order valence-electron chi connectivity index (χ0n) is 9.54. The van der Waals surface area contributed by atoms with E-state index < -0.39 is 0 Å². The highest BCUT2D eigenvalue weighted by Crippen LogP contribution is 2.27. The van der Waals surface area contributed by atoms with Crippen LogP contribution in [0, 0.1) is 13.8 Å². The Balaban J connectivity index is 2.10. The van der Waals surface area contributed by atoms with Crippen molar-refractivity contribution in [3.63, 3.8) is 0 Å². The summed E-state index contributed by atoms with van der Waals surface area (Å²) in [5, 5.41) is 4.27. The molecular weight excluding hydrogens is 274 g/mol. The molecule has 0 bridgehead atoms. The van der Waals surface area contributed by atoms with E-state index in [1.807, 2.05) is 0 Å². The van der Waals surface area contributed by atoms with E-state index in [-0.39, 0.29) is 4.74 Å². The van der Waals surface area contributed by atoms with Crippen LogP contribution in [0.3, 0.4) is 0 Å². The first-order valence-electron chi connectivity index (χ1n) is 5.16. The average molecular weight is 286 g/mol. The van der Waals surface area contributed by atoms with E-state index in [1.165, 1.54) is 27.0 Å². The predicted molar refractivity (Wildman–Crippen MR) is 76.7 cm³/mol. The fraction of sp³-hybridized carbons (Fsp3) is 0.250. The molecule has 2 rings (SSSR count). The Labute approximate surface area is 112 Å². The summed E-state index contributed by atoms with van der Waals surface area (Å²) in [6.07, 6.45) is 0. The zero-order valence-corrected chi connectivity index (χ0v) is 11.9. The van der Waals surface area contributed by atoms with E-state index in [1.54, 1.807) is 0 Å². The molecule has 0 spiro atoms. The highest BCUT2D eigenvalue weighted by Gasteiger charge is 2.07. The highest BCUT2D eigenvalue weighted by atomic mass is 35.5. The van der Waals surface area contributed by atoms with Gasteiger partial charge in [0.05, 0.1) is 0 Å². The van der Waals surface area contributed by atoms with Crippen molar-refractivity contribution in [1.82, 2.24) is 0 Å². The maximum atomic E-state index is 11.2. The van der Waals surface area contributed by atoms with Crippen molar-refractivity contribution in [3.05, 3.63) is 49.4 Å². The molecule has 0 fully saturated rings. The number of rotatable bonds is 3. The van der Waals surface area contributed by atoms with Gasteiger partial charge >= 0.3 is 0 Å². The second kappa shape index (κ2) is 5.21. The molecule has 0 amide bonds. The molecule has 0 unspecified atom stereocenters. The first-order valence-corrected chi connectivity index (χ1v) is 7.69. The summed E-state index contributed by atoms with van der Waals surface area (Å²) < 4.78 is -0.0701. The molecule has 1 N–H and O–H groups in total. The van der Waals surface area contributed by atoms with Crippen LogP contribution in [0.1, 0.15) is 16.7 Å². The number of aryl methyl sites for hydroxylation is 2. The molecule has 0 saturated heterocycles. The minimum Gasteiger partial charge on any atom is -0.371 e. The summed E-state index contributed by atoms with van der Waals surface area (Å²) in [5.41, 5.74) is 3.75. The number of hydrogen-bond acceptors (Lipinski definition) is 4. The van der Waals surface area contributed by atoms with Gasteiger partial charge in [-0.2, -0.15) is 0 Å². The topological polar surface area (TPSA) is 29.1 Å². The highest BCUT2D eigenvalue weighted by molar-refractivity contribution is 7.70. The molecule has 0 saturated carbocycles. The first-order chi connectivity index (χ1) is 8.08. The average Bonchev–Trinajstić information content (AvgIpc) is 2.62. The number of hydrogen-bond donors (Lipinski definition) is 1. The molecule has 90 valence electrons. The number of halogens is 1. The summed E-state index contributed by atoms with van der Waals surface area (Å²) in [4.78, 5) is 11.2. The van der Waals surface area contributed by atoms with Gasteiger partial charge in [-0.1, -0.05) is 40.1 Å². The Morgan fingerprint density at radius 3 is 2.59 bits per heavy atom. The zero-order chi connectivity index (χ0) is 12.4. The van der Waals surface area contributed by atoms with E-state index >= 15 is 0 Å². The molecule has 1 heterocycles. The summed E-state index contributed by atoms with van der Waals surface area (Å²) in [5.74, 6) is 0. The predicted octanol–water partition coefficient (Wildman–Crippen LogP) is 4.05. The van der Waals surface area contributed by atoms with Gasteiger partial charge < -0.3 is 5.32 Å². The fourth-order valence-electron chi connectivity index (χ4n) is 1.45. The molecule has 0 aliphatic rings. The fourth-order valence-corrected chi connectivity index (χ4v) is 3.87. The summed E-state index contributed by atoms with van der Waals surface area (Å²) in [6.45, 7) is 4.87. The monoisotopic (exact) mass is 285 g/mol. The summed E-state index contributed by atoms with van der Waals surface area (Å²) in [6, 6.07) is 6.33. The molecule has 17 heavy (non-hydrogen) atoms. The lowest BCUT2D eigenvalue weighted by molar-refractivity contribution is 1.14. The normalized spacial score (nSPS) is 10.5. The van der Waals surface area contributed by atoms with Crippen LogP contribution in [0.15, 0.2) is 23.0 Å². The van der Waals surface area contributed by atoms with Gasteiger partial charge in [0.1, 0.15) is 10.0 Å². The van der Waals surface area contributed by atoms with Crippen molar-refractivity contribution in [2.75, 3.05) is 5.32 Å². The molecule has 1 aromatic heterocycles. The van der Waals surface area contributed by atoms with Gasteiger partial charge in [-0.25, -0.2) is 0 Å². The van der Waals surface area contributed by atoms with Crippen LogP contribution < -0.4 is 10.1 Å². The third kappa shape index (κ3) is 2.89.